The minimum Gasteiger partial charge on any atom is -1.00 e. The van der Waals surface area contributed by atoms with Crippen LogP contribution in [0.25, 0.3) is 90.9 Å². The number of carbonyl (C=O) groups is 4. The van der Waals surface area contributed by atoms with Gasteiger partial charge in [0.15, 0.2) is 49.6 Å². The maximum absolute atomic E-state index is 11.4. The monoisotopic (exact) mass is 1340 g/mol. The first-order chi connectivity index (χ1) is 36.9. The van der Waals surface area contributed by atoms with Crippen molar-refractivity contribution in [1.29, 1.82) is 0 Å². The van der Waals surface area contributed by atoms with Gasteiger partial charge < -0.3 is 98.3 Å². The lowest BCUT2D eigenvalue weighted by Gasteiger charge is -2.07. The molecule has 9 heterocycles. The van der Waals surface area contributed by atoms with Crippen LogP contribution in [-0.4, -0.2) is 64.2 Å². The summed E-state index contributed by atoms with van der Waals surface area (Å²) in [5, 5.41) is 37.3. The Kier molecular flexibility index (Phi) is 24.4. The van der Waals surface area contributed by atoms with Crippen molar-refractivity contribution in [2.24, 2.45) is 0 Å². The quantitative estimate of drug-likeness (QED) is 0.0276. The molecule has 8 bridgehead atoms. The first-order valence-corrected chi connectivity index (χ1v) is 26.0. The van der Waals surface area contributed by atoms with Gasteiger partial charge in [0.2, 0.25) is 0 Å². The minimum atomic E-state index is -0.815. The summed E-state index contributed by atoms with van der Waals surface area (Å²) < 4.78 is 8.34. The molecule has 16 nitrogen and oxygen atoms in total. The molecule has 6 N–H and O–H groups in total. The Hall–Kier alpha value is -7.00. The second kappa shape index (κ2) is 30.5. The van der Waals surface area contributed by atoms with Gasteiger partial charge in [0.1, 0.15) is 26.2 Å². The summed E-state index contributed by atoms with van der Waals surface area (Å²) in [6, 6.07) is 24.5. The first kappa shape index (κ1) is 63.8. The summed E-state index contributed by atoms with van der Waals surface area (Å²) in [4.78, 5) is 64.0. The molecule has 0 fully saturated rings. The summed E-state index contributed by atoms with van der Waals surface area (Å²) in [5.74, 6) is -3.26. The molecule has 0 unspecified atom stereocenters. The van der Waals surface area contributed by atoms with Crippen LogP contribution in [0, 0.1) is 0 Å². The zero-order chi connectivity index (χ0) is 53.0. The number of aromatic amines is 2. The smallest absolute Gasteiger partial charge is 0.303 e. The lowest BCUT2D eigenvalue weighted by molar-refractivity contribution is -0.697. The predicted octanol–water partition coefficient (Wildman–Crippen LogP) is -2.49. The van der Waals surface area contributed by atoms with Crippen LogP contribution in [0.5, 0.6) is 0 Å². The molecule has 2 aliphatic rings. The number of rotatable bonds is 24. The van der Waals surface area contributed by atoms with Crippen LogP contribution >= 0.6 is 0 Å². The normalized spacial score (nSPS) is 11.2. The van der Waals surface area contributed by atoms with Crippen LogP contribution in [0.2, 0.25) is 0 Å². The SMILES string of the molecule is O=C(O)CCCC[n+]1cccc(-c2c3nc(c(-c4ccc[n+](CCCCC(=O)O)c4)c4ccc([nH]4)c(-c4ccc[n+](CCCCC(=O)O)c4)c4nc(c(-c5ccc[n+](CCCCC(=O)O)c5)c5ccc2[nH]5)C=C4)C=C3)c1.[Br-].[Br-].[Br-].[Br-]. The van der Waals surface area contributed by atoms with Gasteiger partial charge in [-0.2, -0.15) is 0 Å². The number of unbranched alkanes of at least 4 members (excludes halogenated alkanes) is 4. The molecule has 2 aliphatic heterocycles. The van der Waals surface area contributed by atoms with Crippen molar-refractivity contribution in [1.82, 2.24) is 19.9 Å². The topological polar surface area (TPSA) is 222 Å². The molecule has 0 saturated heterocycles. The van der Waals surface area contributed by atoms with Gasteiger partial charge in [-0.25, -0.2) is 28.2 Å². The number of H-pyrrole nitrogens is 2. The maximum atomic E-state index is 11.4. The van der Waals surface area contributed by atoms with Crippen molar-refractivity contribution in [3.8, 4) is 44.5 Å². The van der Waals surface area contributed by atoms with Crippen molar-refractivity contribution < 1.29 is 126 Å². The molecular weight excluding hydrogens is 1280 g/mol. The molecule has 0 amide bonds. The second-order valence-corrected chi connectivity index (χ2v) is 19.2. The van der Waals surface area contributed by atoms with Gasteiger partial charge in [-0.15, -0.1) is 0 Å². The fourth-order valence-corrected chi connectivity index (χ4v) is 9.94. The highest BCUT2D eigenvalue weighted by molar-refractivity contribution is 5.99. The number of aliphatic carboxylic acids is 4. The molecule has 20 heteroatoms. The molecule has 7 aromatic heterocycles. The van der Waals surface area contributed by atoms with Crippen LogP contribution in [0.4, 0.5) is 0 Å². The summed E-state index contributed by atoms with van der Waals surface area (Å²) >= 11 is 0. The van der Waals surface area contributed by atoms with E-state index >= 15 is 0 Å². The number of nitrogens with one attached hydrogen (secondary N) is 2. The number of carboxylic acid groups (broad SMARTS) is 4. The highest BCUT2D eigenvalue weighted by Gasteiger charge is 2.23. The molecule has 9 rings (SSSR count). The van der Waals surface area contributed by atoms with Crippen LogP contribution in [0.15, 0.2) is 122 Å². The zero-order valence-corrected chi connectivity index (χ0v) is 50.1. The van der Waals surface area contributed by atoms with Crippen molar-refractivity contribution in [3.05, 3.63) is 145 Å². The number of fused-ring (bicyclic) bond motifs is 8. The average Bonchev–Trinajstić information content (AvgIpc) is 4.32. The molecule has 0 atom stereocenters. The average molecular weight is 1340 g/mol. The lowest BCUT2D eigenvalue weighted by atomic mass is 10.1. The number of aromatic nitrogens is 8. The van der Waals surface area contributed by atoms with E-state index in [0.717, 1.165) is 89.4 Å². The van der Waals surface area contributed by atoms with E-state index < -0.39 is 23.9 Å². The van der Waals surface area contributed by atoms with E-state index in [4.69, 9.17) is 9.97 Å². The van der Waals surface area contributed by atoms with Crippen LogP contribution < -0.4 is 86.2 Å². The highest BCUT2D eigenvalue weighted by Crippen LogP contribution is 2.38. The first-order valence-electron chi connectivity index (χ1n) is 26.0. The van der Waals surface area contributed by atoms with E-state index in [1.807, 2.05) is 73.4 Å². The summed E-state index contributed by atoms with van der Waals surface area (Å²) in [6.07, 6.45) is 29.8. The molecule has 80 heavy (non-hydrogen) atoms. The van der Waals surface area contributed by atoms with Gasteiger partial charge in [0, 0.05) is 142 Å². The minimum absolute atomic E-state index is 0. The molecular formula is C60H62Br4N8O8. The number of pyridine rings is 4. The summed E-state index contributed by atoms with van der Waals surface area (Å²) in [7, 11) is 0. The zero-order valence-electron chi connectivity index (χ0n) is 43.8. The Morgan fingerprint density at radius 1 is 0.350 bits per heavy atom. The molecule has 7 aromatic rings. The van der Waals surface area contributed by atoms with Gasteiger partial charge >= 0.3 is 23.9 Å². The van der Waals surface area contributed by atoms with Crippen molar-refractivity contribution in [2.75, 3.05) is 0 Å². The number of halogens is 4. The number of hydrogen-bond acceptors (Lipinski definition) is 6. The lowest BCUT2D eigenvalue weighted by Crippen LogP contribution is -3.00. The third-order valence-corrected chi connectivity index (χ3v) is 13.6. The number of aryl methyl sites for hydroxylation is 4. The Morgan fingerprint density at radius 2 is 0.575 bits per heavy atom. The molecule has 0 aliphatic carbocycles. The van der Waals surface area contributed by atoms with E-state index in [1.165, 1.54) is 0 Å². The van der Waals surface area contributed by atoms with E-state index in [0.29, 0.717) is 77.5 Å². The Balaban J connectivity index is 0.00000294. The van der Waals surface area contributed by atoms with Gasteiger partial charge in [-0.05, 0) is 98.5 Å². The Morgan fingerprint density at radius 3 is 0.787 bits per heavy atom. The van der Waals surface area contributed by atoms with E-state index in [-0.39, 0.29) is 93.6 Å². The number of nitrogens with zero attached hydrogens (tertiary/aromatic N) is 6. The van der Waals surface area contributed by atoms with Crippen LogP contribution in [-0.2, 0) is 45.4 Å². The third-order valence-electron chi connectivity index (χ3n) is 13.6. The maximum Gasteiger partial charge on any atom is 0.303 e. The van der Waals surface area contributed by atoms with Crippen molar-refractivity contribution in [3.63, 3.8) is 0 Å². The summed E-state index contributed by atoms with van der Waals surface area (Å²) in [6.45, 7) is 2.51. The number of carboxylic acids is 4. The van der Waals surface area contributed by atoms with Crippen molar-refractivity contribution >= 4 is 70.2 Å². The second-order valence-electron chi connectivity index (χ2n) is 19.2. The van der Waals surface area contributed by atoms with E-state index in [1.54, 1.807) is 0 Å². The molecule has 0 radical (unpaired) electrons. The van der Waals surface area contributed by atoms with E-state index in [2.05, 4.69) is 102 Å². The predicted molar refractivity (Wildman–Crippen MR) is 287 cm³/mol. The summed E-state index contributed by atoms with van der Waals surface area (Å²) in [5.41, 5.74) is 13.1. The van der Waals surface area contributed by atoms with Gasteiger partial charge in [-0.1, -0.05) is 0 Å². The van der Waals surface area contributed by atoms with Crippen LogP contribution in [0.3, 0.4) is 0 Å². The van der Waals surface area contributed by atoms with Gasteiger partial charge in [0.25, 0.3) is 0 Å². The highest BCUT2D eigenvalue weighted by atomic mass is 79.9. The van der Waals surface area contributed by atoms with Gasteiger partial charge in [0.05, 0.1) is 22.8 Å². The molecule has 418 valence electrons. The molecule has 0 spiro atoms. The molecule has 0 saturated carbocycles. The van der Waals surface area contributed by atoms with Gasteiger partial charge in [-0.3, -0.25) is 19.2 Å². The van der Waals surface area contributed by atoms with Crippen LogP contribution in [0.1, 0.15) is 99.8 Å². The molecule has 0 aromatic carbocycles. The third kappa shape index (κ3) is 16.5. The van der Waals surface area contributed by atoms with E-state index in [9.17, 15) is 39.6 Å². The Labute approximate surface area is 505 Å². The standard InChI is InChI=1S/C60H58N8O8.4BrH/c69-53(70)17-1-5-29-65-33-9-13-41(37-65)57-45-21-23-47(61-45)58(42-14-10-34-66(38-42)30-6-2-18-54(71)72)49-25-27-51(63-49)60(44-16-12-36-68(40-44)32-8-4-20-56(75)76)52-28-26-50(64-52)59(48-24-22-46(57)62-48)43-15-11-35-67(39-43)31-7-3-19-55(73)74;;;;/h9-16,21-28,33-40H,1-8,17-20,29-32H2,(H2-4,61,62,63,64,69,70,71,72,73,74,75,76);4*1H. The number of hydrogen-bond donors (Lipinski definition) is 6. The Bertz CT molecular complexity index is 3130. The largest absolute Gasteiger partial charge is 1.00 e. The van der Waals surface area contributed by atoms with Crippen molar-refractivity contribution in [2.45, 2.75) is 103 Å². The fourth-order valence-electron chi connectivity index (χ4n) is 9.94. The fraction of sp³-hybridized carbons (Fsp3) is 0.267.